The maximum Gasteiger partial charge on any atom is 0.339 e. The second kappa shape index (κ2) is 10.6. The van der Waals surface area contributed by atoms with Crippen LogP contribution in [0.25, 0.3) is 0 Å². The van der Waals surface area contributed by atoms with Crippen LogP contribution in [0, 0.1) is 0 Å². The van der Waals surface area contributed by atoms with Gasteiger partial charge in [-0.15, -0.1) is 0 Å². The first-order valence-corrected chi connectivity index (χ1v) is 8.95. The number of anilines is 2. The van der Waals surface area contributed by atoms with Crippen LogP contribution in [-0.4, -0.2) is 58.3 Å². The highest BCUT2D eigenvalue weighted by molar-refractivity contribution is 6.09. The highest BCUT2D eigenvalue weighted by atomic mass is 16.5. The molecule has 0 unspecified atom stereocenters. The van der Waals surface area contributed by atoms with Crippen LogP contribution in [0.1, 0.15) is 41.4 Å². The Labute approximate surface area is 182 Å². The smallest absolute Gasteiger partial charge is 0.339 e. The van der Waals surface area contributed by atoms with Crippen molar-refractivity contribution >= 4 is 41.3 Å². The lowest BCUT2D eigenvalue weighted by Gasteiger charge is -2.14. The molecule has 0 fully saturated rings. The van der Waals surface area contributed by atoms with Gasteiger partial charge in [-0.2, -0.15) is 0 Å². The van der Waals surface area contributed by atoms with Gasteiger partial charge in [-0.05, 0) is 36.4 Å². The number of nitrogens with one attached hydrogen (secondary N) is 2. The molecular weight excluding hydrogens is 424 g/mol. The summed E-state index contributed by atoms with van der Waals surface area (Å²) in [6.07, 6.45) is 0. The fourth-order valence-corrected chi connectivity index (χ4v) is 2.64. The first-order valence-electron chi connectivity index (χ1n) is 8.95. The summed E-state index contributed by atoms with van der Waals surface area (Å²) in [4.78, 5) is 60.4. The van der Waals surface area contributed by atoms with E-state index in [2.05, 4.69) is 29.6 Å². The molecule has 0 bridgehead atoms. The van der Waals surface area contributed by atoms with E-state index in [1.165, 1.54) is 50.6 Å². The second-order valence-electron chi connectivity index (χ2n) is 6.07. The fraction of sp³-hybridized carbons (Fsp3) is 0.190. The minimum atomic E-state index is -0.885. The molecule has 0 aliphatic heterocycles. The average Bonchev–Trinajstić information content (AvgIpc) is 2.81. The van der Waals surface area contributed by atoms with Gasteiger partial charge in [-0.25, -0.2) is 24.0 Å². The molecule has 11 heteroatoms. The summed E-state index contributed by atoms with van der Waals surface area (Å²) in [5.41, 5.74) is -0.0441. The Morgan fingerprint density at radius 2 is 0.906 bits per heavy atom. The Hall–Kier alpha value is -4.41. The normalized spacial score (nSPS) is 9.88. The number of benzene rings is 2. The SMILES string of the molecule is COC(=O)c1ccc(C(=O)OC)c(NC(=O)Nc2cc(C(=O)OC)ccc2C(=O)OC)c1. The van der Waals surface area contributed by atoms with Crippen LogP contribution in [0.4, 0.5) is 16.2 Å². The zero-order valence-electron chi connectivity index (χ0n) is 17.6. The van der Waals surface area contributed by atoms with Gasteiger partial charge in [0.15, 0.2) is 0 Å². The summed E-state index contributed by atoms with van der Waals surface area (Å²) >= 11 is 0. The Kier molecular flexibility index (Phi) is 7.88. The number of carbonyl (C=O) groups is 5. The largest absolute Gasteiger partial charge is 0.465 e. The number of methoxy groups -OCH3 is 4. The average molecular weight is 444 g/mol. The van der Waals surface area contributed by atoms with Crippen LogP contribution in [0.5, 0.6) is 0 Å². The van der Waals surface area contributed by atoms with E-state index in [0.29, 0.717) is 0 Å². The summed E-state index contributed by atoms with van der Waals surface area (Å²) in [7, 11) is 4.67. The lowest BCUT2D eigenvalue weighted by molar-refractivity contribution is 0.0587. The van der Waals surface area contributed by atoms with Gasteiger partial charge < -0.3 is 29.6 Å². The molecule has 0 aliphatic rings. The van der Waals surface area contributed by atoms with E-state index in [1.807, 2.05) is 0 Å². The summed E-state index contributed by atoms with van der Waals surface area (Å²) in [5, 5.41) is 4.83. The summed E-state index contributed by atoms with van der Waals surface area (Å²) < 4.78 is 18.6. The first-order chi connectivity index (χ1) is 15.2. The van der Waals surface area contributed by atoms with Crippen molar-refractivity contribution in [2.45, 2.75) is 0 Å². The molecule has 2 aromatic rings. The van der Waals surface area contributed by atoms with Crippen molar-refractivity contribution in [1.29, 1.82) is 0 Å². The standard InChI is InChI=1S/C21H20N2O9/c1-29-17(24)11-5-7-13(19(26)31-3)15(9-11)22-21(28)23-16-10-12(18(25)30-2)6-8-14(16)20(27)32-4/h5-10H,1-4H3,(H2,22,23,28). The van der Waals surface area contributed by atoms with Crippen LogP contribution in [0.3, 0.4) is 0 Å². The van der Waals surface area contributed by atoms with Crippen LogP contribution < -0.4 is 10.6 Å². The number of esters is 4. The maximum atomic E-state index is 12.7. The van der Waals surface area contributed by atoms with Crippen molar-refractivity contribution < 1.29 is 42.9 Å². The predicted molar refractivity (Wildman–Crippen MR) is 111 cm³/mol. The number of hydrogen-bond donors (Lipinski definition) is 2. The van der Waals surface area contributed by atoms with Gasteiger partial charge in [0, 0.05) is 0 Å². The molecule has 32 heavy (non-hydrogen) atoms. The molecule has 0 radical (unpaired) electrons. The number of ether oxygens (including phenoxy) is 4. The quantitative estimate of drug-likeness (QED) is 0.506. The molecule has 2 N–H and O–H groups in total. The van der Waals surface area contributed by atoms with Crippen LogP contribution >= 0.6 is 0 Å². The third-order valence-electron chi connectivity index (χ3n) is 4.19. The monoisotopic (exact) mass is 444 g/mol. The van der Waals surface area contributed by atoms with Crippen molar-refractivity contribution in [2.75, 3.05) is 39.1 Å². The maximum absolute atomic E-state index is 12.7. The van der Waals surface area contributed by atoms with Crippen molar-refractivity contribution in [3.05, 3.63) is 58.7 Å². The molecular formula is C21H20N2O9. The van der Waals surface area contributed by atoms with E-state index in [0.717, 1.165) is 14.2 Å². The number of urea groups is 1. The highest BCUT2D eigenvalue weighted by Gasteiger charge is 2.20. The van der Waals surface area contributed by atoms with Crippen LogP contribution in [-0.2, 0) is 18.9 Å². The minimum absolute atomic E-state index is 0.0354. The van der Waals surface area contributed by atoms with Crippen molar-refractivity contribution in [3.8, 4) is 0 Å². The molecule has 0 spiro atoms. The zero-order valence-corrected chi connectivity index (χ0v) is 17.6. The second-order valence-corrected chi connectivity index (χ2v) is 6.07. The molecule has 0 saturated heterocycles. The molecule has 0 heterocycles. The number of rotatable bonds is 6. The Morgan fingerprint density at radius 1 is 0.562 bits per heavy atom. The molecule has 0 aromatic heterocycles. The van der Waals surface area contributed by atoms with E-state index in [1.54, 1.807) is 0 Å². The predicted octanol–water partition coefficient (Wildman–Crippen LogP) is 2.48. The van der Waals surface area contributed by atoms with Crippen molar-refractivity contribution in [1.82, 2.24) is 0 Å². The molecule has 2 rings (SSSR count). The first kappa shape index (κ1) is 23.9. The lowest BCUT2D eigenvalue weighted by atomic mass is 10.1. The minimum Gasteiger partial charge on any atom is -0.465 e. The summed E-state index contributed by atoms with van der Waals surface area (Å²) in [5.74, 6) is -2.91. The van der Waals surface area contributed by atoms with Gasteiger partial charge >= 0.3 is 29.9 Å². The topological polar surface area (TPSA) is 146 Å². The van der Waals surface area contributed by atoms with E-state index < -0.39 is 29.9 Å². The summed E-state index contributed by atoms with van der Waals surface area (Å²) in [6.45, 7) is 0. The number of hydrogen-bond acceptors (Lipinski definition) is 9. The lowest BCUT2D eigenvalue weighted by Crippen LogP contribution is -2.23. The van der Waals surface area contributed by atoms with Gasteiger partial charge in [0.05, 0.1) is 62.1 Å². The molecule has 2 amide bonds. The van der Waals surface area contributed by atoms with E-state index in [-0.39, 0.29) is 33.6 Å². The van der Waals surface area contributed by atoms with E-state index in [9.17, 15) is 24.0 Å². The zero-order chi connectivity index (χ0) is 23.8. The Balaban J connectivity index is 2.41. The number of amides is 2. The fourth-order valence-electron chi connectivity index (χ4n) is 2.64. The Bertz CT molecular complexity index is 995. The van der Waals surface area contributed by atoms with Gasteiger partial charge in [-0.1, -0.05) is 0 Å². The molecule has 11 nitrogen and oxygen atoms in total. The van der Waals surface area contributed by atoms with Crippen LogP contribution in [0.15, 0.2) is 36.4 Å². The molecule has 0 saturated carbocycles. The van der Waals surface area contributed by atoms with Crippen molar-refractivity contribution in [2.24, 2.45) is 0 Å². The van der Waals surface area contributed by atoms with Crippen molar-refractivity contribution in [3.63, 3.8) is 0 Å². The molecule has 168 valence electrons. The third-order valence-corrected chi connectivity index (χ3v) is 4.19. The van der Waals surface area contributed by atoms with Gasteiger partial charge in [-0.3, -0.25) is 0 Å². The highest BCUT2D eigenvalue weighted by Crippen LogP contribution is 2.23. The van der Waals surface area contributed by atoms with E-state index >= 15 is 0 Å². The van der Waals surface area contributed by atoms with Crippen LogP contribution in [0.2, 0.25) is 0 Å². The Morgan fingerprint density at radius 3 is 1.22 bits per heavy atom. The van der Waals surface area contributed by atoms with E-state index in [4.69, 9.17) is 0 Å². The number of carbonyl (C=O) groups excluding carboxylic acids is 5. The molecule has 0 atom stereocenters. The van der Waals surface area contributed by atoms with Gasteiger partial charge in [0.2, 0.25) is 0 Å². The third kappa shape index (κ3) is 5.39. The molecule has 0 aliphatic carbocycles. The molecule has 2 aromatic carbocycles. The van der Waals surface area contributed by atoms with Gasteiger partial charge in [0.1, 0.15) is 0 Å². The van der Waals surface area contributed by atoms with Gasteiger partial charge in [0.25, 0.3) is 0 Å². The summed E-state index contributed by atoms with van der Waals surface area (Å²) in [6, 6.07) is 6.79.